The maximum absolute atomic E-state index is 13.9. The number of hydrogen-bond acceptors (Lipinski definition) is 3. The van der Waals surface area contributed by atoms with Crippen molar-refractivity contribution in [2.75, 3.05) is 13.6 Å². The van der Waals surface area contributed by atoms with Gasteiger partial charge in [0.1, 0.15) is 17.5 Å². The van der Waals surface area contributed by atoms with Crippen LogP contribution < -0.4 is 0 Å². The zero-order chi connectivity index (χ0) is 19.3. The van der Waals surface area contributed by atoms with Gasteiger partial charge in [-0.1, -0.05) is 51.1 Å². The number of nitrogens with zero attached hydrogens (tertiary/aromatic N) is 3. The first-order chi connectivity index (χ1) is 12.4. The minimum Gasteiger partial charge on any atom is -0.328 e. The molecule has 0 bridgehead atoms. The van der Waals surface area contributed by atoms with Gasteiger partial charge in [0.15, 0.2) is 0 Å². The predicted molar refractivity (Wildman–Crippen MR) is 108 cm³/mol. The van der Waals surface area contributed by atoms with E-state index < -0.39 is 0 Å². The molecule has 1 aliphatic heterocycles. The summed E-state index contributed by atoms with van der Waals surface area (Å²) in [6.45, 7) is 15.5. The van der Waals surface area contributed by atoms with Crippen LogP contribution in [-0.4, -0.2) is 29.1 Å². The van der Waals surface area contributed by atoms with E-state index >= 15 is 0 Å². The standard InChI is InChI=1S/C22H30FN3/c1-7-8-11-14-26-18(4)17(3)22(25(6)19(26)5)24-16(2)15-20-12-9-10-13-21(20)23/h9-10,12-13H,4-5,7-8,11,14-15H2,1-3,6H3/b24-16+. The Hall–Kier alpha value is -2.36. The summed E-state index contributed by atoms with van der Waals surface area (Å²) >= 11 is 0. The van der Waals surface area contributed by atoms with Gasteiger partial charge in [-0.3, -0.25) is 0 Å². The van der Waals surface area contributed by atoms with E-state index in [0.717, 1.165) is 41.6 Å². The van der Waals surface area contributed by atoms with E-state index in [1.165, 1.54) is 18.9 Å². The molecule has 0 amide bonds. The van der Waals surface area contributed by atoms with Crippen LogP contribution in [0.4, 0.5) is 4.39 Å². The second kappa shape index (κ2) is 8.84. The Balaban J connectivity index is 2.23. The highest BCUT2D eigenvalue weighted by atomic mass is 19.1. The van der Waals surface area contributed by atoms with Gasteiger partial charge in [0.25, 0.3) is 0 Å². The molecule has 0 saturated carbocycles. The number of hydrogen-bond donors (Lipinski definition) is 0. The van der Waals surface area contributed by atoms with Crippen LogP contribution in [0.1, 0.15) is 45.6 Å². The molecule has 0 N–H and O–H groups in total. The van der Waals surface area contributed by atoms with Crippen molar-refractivity contribution in [3.63, 3.8) is 0 Å². The lowest BCUT2D eigenvalue weighted by Gasteiger charge is -2.40. The number of unbranched alkanes of at least 4 members (excludes halogenated alkanes) is 2. The third-order valence-corrected chi connectivity index (χ3v) is 4.80. The van der Waals surface area contributed by atoms with Crippen molar-refractivity contribution >= 4 is 5.71 Å². The molecule has 0 unspecified atom stereocenters. The van der Waals surface area contributed by atoms with Gasteiger partial charge < -0.3 is 9.80 Å². The Morgan fingerprint density at radius 3 is 2.54 bits per heavy atom. The first kappa shape index (κ1) is 20.0. The van der Waals surface area contributed by atoms with Crippen molar-refractivity contribution < 1.29 is 4.39 Å². The van der Waals surface area contributed by atoms with Gasteiger partial charge in [-0.25, -0.2) is 9.38 Å². The Morgan fingerprint density at radius 2 is 1.88 bits per heavy atom. The van der Waals surface area contributed by atoms with E-state index in [4.69, 9.17) is 4.99 Å². The zero-order valence-electron chi connectivity index (χ0n) is 16.5. The first-order valence-electron chi connectivity index (χ1n) is 9.24. The minimum atomic E-state index is -0.194. The second-order valence-electron chi connectivity index (χ2n) is 6.84. The molecule has 1 aliphatic rings. The van der Waals surface area contributed by atoms with Crippen LogP contribution in [0.3, 0.4) is 0 Å². The molecule has 4 heteroatoms. The van der Waals surface area contributed by atoms with Crippen LogP contribution in [0.25, 0.3) is 0 Å². The molecule has 26 heavy (non-hydrogen) atoms. The van der Waals surface area contributed by atoms with Gasteiger partial charge in [-0.05, 0) is 31.9 Å². The summed E-state index contributed by atoms with van der Waals surface area (Å²) < 4.78 is 13.9. The van der Waals surface area contributed by atoms with E-state index in [0.29, 0.717) is 12.0 Å². The Bertz CT molecular complexity index is 746. The Labute approximate surface area is 157 Å². The number of benzene rings is 1. The van der Waals surface area contributed by atoms with Crippen LogP contribution >= 0.6 is 0 Å². The normalized spacial score (nSPS) is 16.0. The number of rotatable bonds is 7. The fourth-order valence-corrected chi connectivity index (χ4v) is 3.12. The van der Waals surface area contributed by atoms with Gasteiger partial charge in [-0.15, -0.1) is 0 Å². The van der Waals surface area contributed by atoms with Gasteiger partial charge >= 0.3 is 0 Å². The quantitative estimate of drug-likeness (QED) is 0.476. The Morgan fingerprint density at radius 1 is 1.19 bits per heavy atom. The summed E-state index contributed by atoms with van der Waals surface area (Å²) in [4.78, 5) is 8.94. The maximum Gasteiger partial charge on any atom is 0.138 e. The van der Waals surface area contributed by atoms with Gasteiger partial charge in [-0.2, -0.15) is 0 Å². The largest absolute Gasteiger partial charge is 0.328 e. The highest BCUT2D eigenvalue weighted by molar-refractivity contribution is 5.85. The minimum absolute atomic E-state index is 0.194. The summed E-state index contributed by atoms with van der Waals surface area (Å²) in [6, 6.07) is 6.83. The molecule has 1 heterocycles. The molecule has 1 aromatic rings. The average Bonchev–Trinajstić information content (AvgIpc) is 2.62. The molecule has 0 saturated heterocycles. The van der Waals surface area contributed by atoms with Crippen molar-refractivity contribution in [3.05, 3.63) is 71.7 Å². The van der Waals surface area contributed by atoms with E-state index in [9.17, 15) is 4.39 Å². The van der Waals surface area contributed by atoms with Crippen LogP contribution in [0.5, 0.6) is 0 Å². The molecular formula is C22H30FN3. The molecule has 0 aliphatic carbocycles. The molecule has 3 nitrogen and oxygen atoms in total. The summed E-state index contributed by atoms with van der Waals surface area (Å²) in [7, 11) is 1.97. The van der Waals surface area contributed by atoms with Crippen LogP contribution in [0.15, 0.2) is 65.3 Å². The van der Waals surface area contributed by atoms with E-state index in [2.05, 4.69) is 25.0 Å². The molecule has 140 valence electrons. The topological polar surface area (TPSA) is 18.8 Å². The fourth-order valence-electron chi connectivity index (χ4n) is 3.12. The summed E-state index contributed by atoms with van der Waals surface area (Å²) in [6.07, 6.45) is 3.97. The monoisotopic (exact) mass is 355 g/mol. The molecular weight excluding hydrogens is 325 g/mol. The van der Waals surface area contributed by atoms with E-state index in [1.807, 2.05) is 31.9 Å². The lowest BCUT2D eigenvalue weighted by molar-refractivity contribution is 0.289. The number of halogens is 1. The average molecular weight is 356 g/mol. The maximum atomic E-state index is 13.9. The van der Waals surface area contributed by atoms with Crippen molar-refractivity contribution in [2.45, 2.75) is 46.5 Å². The highest BCUT2D eigenvalue weighted by Crippen LogP contribution is 2.32. The summed E-state index contributed by atoms with van der Waals surface area (Å²) in [5, 5.41) is 0. The predicted octanol–water partition coefficient (Wildman–Crippen LogP) is 5.48. The third kappa shape index (κ3) is 4.43. The van der Waals surface area contributed by atoms with Crippen LogP contribution in [0.2, 0.25) is 0 Å². The van der Waals surface area contributed by atoms with Crippen molar-refractivity contribution in [3.8, 4) is 0 Å². The second-order valence-corrected chi connectivity index (χ2v) is 6.84. The van der Waals surface area contributed by atoms with Crippen molar-refractivity contribution in [1.29, 1.82) is 0 Å². The fraction of sp³-hybridized carbons (Fsp3) is 0.409. The van der Waals surface area contributed by atoms with Gasteiger partial charge in [0, 0.05) is 37.0 Å². The highest BCUT2D eigenvalue weighted by Gasteiger charge is 2.26. The molecule has 0 atom stereocenters. The smallest absolute Gasteiger partial charge is 0.138 e. The first-order valence-corrected chi connectivity index (χ1v) is 9.24. The lowest BCUT2D eigenvalue weighted by atomic mass is 10.1. The molecule has 1 aromatic carbocycles. The van der Waals surface area contributed by atoms with Crippen molar-refractivity contribution in [2.24, 2.45) is 4.99 Å². The molecule has 0 fully saturated rings. The van der Waals surface area contributed by atoms with Gasteiger partial charge in [0.2, 0.25) is 0 Å². The van der Waals surface area contributed by atoms with Crippen molar-refractivity contribution in [1.82, 2.24) is 9.80 Å². The molecule has 0 radical (unpaired) electrons. The Kier molecular flexibility index (Phi) is 6.78. The third-order valence-electron chi connectivity index (χ3n) is 4.80. The summed E-state index contributed by atoms with van der Waals surface area (Å²) in [5.74, 6) is 1.52. The SMILES string of the molecule is C=C1C(C)=C(/N=C(\C)Cc2ccccc2F)N(C)C(=C)N1CCCCC. The molecule has 0 spiro atoms. The lowest BCUT2D eigenvalue weighted by Crippen LogP contribution is -2.37. The summed E-state index contributed by atoms with van der Waals surface area (Å²) in [5.41, 5.74) is 3.49. The van der Waals surface area contributed by atoms with E-state index in [1.54, 1.807) is 12.1 Å². The number of allylic oxidation sites excluding steroid dienone is 1. The van der Waals surface area contributed by atoms with Gasteiger partial charge in [0.05, 0.1) is 0 Å². The zero-order valence-corrected chi connectivity index (χ0v) is 16.5. The van der Waals surface area contributed by atoms with E-state index in [-0.39, 0.29) is 5.82 Å². The number of aliphatic imine (C=N–C) groups is 1. The molecule has 2 rings (SSSR count). The molecule has 0 aromatic heterocycles. The van der Waals surface area contributed by atoms with Crippen LogP contribution in [-0.2, 0) is 6.42 Å². The van der Waals surface area contributed by atoms with Crippen LogP contribution in [0, 0.1) is 5.82 Å².